The second kappa shape index (κ2) is 8.06. The second-order valence-corrected chi connectivity index (χ2v) is 9.02. The zero-order valence-corrected chi connectivity index (χ0v) is 18.7. The molecule has 5 nitrogen and oxygen atoms in total. The number of fused-ring (bicyclic) bond motifs is 2. The molecular weight excluding hydrogens is 394 g/mol. The Hall–Kier alpha value is -3.18. The minimum Gasteiger partial charge on any atom is -0.354 e. The lowest BCUT2D eigenvalue weighted by molar-refractivity contribution is 0.249. The van der Waals surface area contributed by atoms with Gasteiger partial charge in [-0.3, -0.25) is 4.90 Å². The highest BCUT2D eigenvalue weighted by Gasteiger charge is 2.28. The zero-order valence-electron chi connectivity index (χ0n) is 18.7. The van der Waals surface area contributed by atoms with E-state index in [4.69, 9.17) is 10.1 Å². The van der Waals surface area contributed by atoms with Gasteiger partial charge in [-0.15, -0.1) is 0 Å². The second-order valence-electron chi connectivity index (χ2n) is 9.02. The molecule has 0 spiro atoms. The Morgan fingerprint density at radius 1 is 0.844 bits per heavy atom. The molecule has 0 saturated carbocycles. The summed E-state index contributed by atoms with van der Waals surface area (Å²) in [7, 11) is 0. The molecule has 162 valence electrons. The summed E-state index contributed by atoms with van der Waals surface area (Å²) in [4.78, 5) is 10.3. The van der Waals surface area contributed by atoms with Gasteiger partial charge in [-0.2, -0.15) is 9.61 Å². The molecule has 4 aromatic rings. The van der Waals surface area contributed by atoms with E-state index < -0.39 is 0 Å². The summed E-state index contributed by atoms with van der Waals surface area (Å²) < 4.78 is 2.15. The zero-order chi connectivity index (χ0) is 21.5. The minimum atomic E-state index is 1.01. The van der Waals surface area contributed by atoms with Crippen LogP contribution in [0.5, 0.6) is 0 Å². The van der Waals surface area contributed by atoms with Crippen molar-refractivity contribution in [2.45, 2.75) is 32.7 Å². The van der Waals surface area contributed by atoms with Crippen LogP contribution in [0.15, 0.2) is 60.7 Å². The Morgan fingerprint density at radius 2 is 1.56 bits per heavy atom. The molecule has 2 aliphatic rings. The van der Waals surface area contributed by atoms with Gasteiger partial charge < -0.3 is 4.90 Å². The van der Waals surface area contributed by atoms with Gasteiger partial charge in [0.15, 0.2) is 5.65 Å². The molecule has 2 aromatic heterocycles. The van der Waals surface area contributed by atoms with Crippen LogP contribution in [0.4, 0.5) is 5.82 Å². The number of benzene rings is 2. The highest BCUT2D eigenvalue weighted by atomic mass is 15.4. The maximum Gasteiger partial charge on any atom is 0.165 e. The Kier molecular flexibility index (Phi) is 4.91. The van der Waals surface area contributed by atoms with E-state index in [2.05, 4.69) is 81.9 Å². The summed E-state index contributed by atoms with van der Waals surface area (Å²) >= 11 is 0. The number of hydrogen-bond donors (Lipinski definition) is 0. The highest BCUT2D eigenvalue weighted by Crippen LogP contribution is 2.36. The third kappa shape index (κ3) is 3.37. The highest BCUT2D eigenvalue weighted by molar-refractivity contribution is 5.81. The fourth-order valence-corrected chi connectivity index (χ4v) is 5.34. The number of rotatable bonds is 4. The van der Waals surface area contributed by atoms with Crippen molar-refractivity contribution in [1.29, 1.82) is 0 Å². The molecule has 32 heavy (non-hydrogen) atoms. The third-order valence-corrected chi connectivity index (χ3v) is 6.92. The fourth-order valence-electron chi connectivity index (χ4n) is 5.34. The van der Waals surface area contributed by atoms with Crippen LogP contribution in [0, 0.1) is 6.92 Å². The van der Waals surface area contributed by atoms with Gasteiger partial charge >= 0.3 is 0 Å². The van der Waals surface area contributed by atoms with E-state index in [9.17, 15) is 0 Å². The van der Waals surface area contributed by atoms with Gasteiger partial charge in [0.2, 0.25) is 0 Å². The summed E-state index contributed by atoms with van der Waals surface area (Å²) in [5.74, 6) is 1.28. The van der Waals surface area contributed by atoms with Gasteiger partial charge in [-0.25, -0.2) is 4.98 Å². The average Bonchev–Trinajstić information content (AvgIpc) is 3.42. The normalized spacial score (nSPS) is 16.6. The first-order chi connectivity index (χ1) is 15.8. The molecule has 0 atom stereocenters. The molecular formula is C27H29N5. The van der Waals surface area contributed by atoms with E-state index in [1.807, 2.05) is 0 Å². The van der Waals surface area contributed by atoms with Gasteiger partial charge in [-0.05, 0) is 37.3 Å². The van der Waals surface area contributed by atoms with E-state index >= 15 is 0 Å². The summed E-state index contributed by atoms with van der Waals surface area (Å²) in [5, 5.41) is 5.03. The van der Waals surface area contributed by atoms with Crippen LogP contribution >= 0.6 is 0 Å². The molecule has 0 bridgehead atoms. The molecule has 1 aliphatic carbocycles. The van der Waals surface area contributed by atoms with E-state index in [0.29, 0.717) is 0 Å². The van der Waals surface area contributed by atoms with E-state index in [1.54, 1.807) is 0 Å². The van der Waals surface area contributed by atoms with Crippen LogP contribution in [0.25, 0.3) is 16.8 Å². The molecule has 2 aromatic carbocycles. The minimum absolute atomic E-state index is 1.01. The maximum atomic E-state index is 5.14. The van der Waals surface area contributed by atoms with Crippen LogP contribution in [-0.2, 0) is 19.4 Å². The lowest BCUT2D eigenvalue weighted by atomic mass is 10.1. The number of aryl methyl sites for hydroxylation is 2. The Morgan fingerprint density at radius 3 is 2.31 bits per heavy atom. The Bertz CT molecular complexity index is 1240. The number of piperazine rings is 1. The maximum absolute atomic E-state index is 5.14. The van der Waals surface area contributed by atoms with Gasteiger partial charge in [0.1, 0.15) is 5.82 Å². The SMILES string of the molecule is Cc1nn2c(N3CCN(Cc4ccccc4)CC3)c3c(nc2c1-c1ccccc1)CCC3. The molecule has 5 heteroatoms. The number of aromatic nitrogens is 3. The van der Waals surface area contributed by atoms with Crippen molar-refractivity contribution < 1.29 is 0 Å². The molecule has 0 N–H and O–H groups in total. The topological polar surface area (TPSA) is 36.7 Å². The van der Waals surface area contributed by atoms with E-state index in [1.165, 1.54) is 40.2 Å². The predicted molar refractivity (Wildman–Crippen MR) is 129 cm³/mol. The molecule has 3 heterocycles. The molecule has 0 unspecified atom stereocenters. The Balaban J connectivity index is 1.36. The van der Waals surface area contributed by atoms with Crippen LogP contribution in [-0.4, -0.2) is 45.7 Å². The summed E-state index contributed by atoms with van der Waals surface area (Å²) in [6.45, 7) is 7.33. The van der Waals surface area contributed by atoms with Crippen LogP contribution in [0.3, 0.4) is 0 Å². The monoisotopic (exact) mass is 423 g/mol. The largest absolute Gasteiger partial charge is 0.354 e. The van der Waals surface area contributed by atoms with Gasteiger partial charge in [0.25, 0.3) is 0 Å². The van der Waals surface area contributed by atoms with Crippen LogP contribution in [0.1, 0.15) is 28.9 Å². The smallest absolute Gasteiger partial charge is 0.165 e. The summed E-state index contributed by atoms with van der Waals surface area (Å²) in [5.41, 5.74) is 8.51. The molecule has 6 rings (SSSR count). The quantitative estimate of drug-likeness (QED) is 0.484. The molecule has 0 amide bonds. The van der Waals surface area contributed by atoms with Crippen molar-refractivity contribution in [2.24, 2.45) is 0 Å². The van der Waals surface area contributed by atoms with Crippen molar-refractivity contribution in [2.75, 3.05) is 31.1 Å². The van der Waals surface area contributed by atoms with Crippen LogP contribution < -0.4 is 4.90 Å². The van der Waals surface area contributed by atoms with Crippen molar-refractivity contribution >= 4 is 11.5 Å². The number of anilines is 1. The van der Waals surface area contributed by atoms with Crippen molar-refractivity contribution in [3.8, 4) is 11.1 Å². The van der Waals surface area contributed by atoms with Gasteiger partial charge in [-0.1, -0.05) is 60.7 Å². The summed E-state index contributed by atoms with van der Waals surface area (Å²) in [6, 6.07) is 21.4. The lowest BCUT2D eigenvalue weighted by Gasteiger charge is -2.36. The first kappa shape index (κ1) is 19.5. The molecule has 1 saturated heterocycles. The average molecular weight is 424 g/mol. The molecule has 1 fully saturated rings. The fraction of sp³-hybridized carbons (Fsp3) is 0.333. The number of hydrogen-bond acceptors (Lipinski definition) is 4. The van der Waals surface area contributed by atoms with E-state index in [0.717, 1.165) is 56.9 Å². The lowest BCUT2D eigenvalue weighted by Crippen LogP contribution is -2.47. The van der Waals surface area contributed by atoms with Crippen molar-refractivity contribution in [3.63, 3.8) is 0 Å². The number of nitrogens with zero attached hydrogens (tertiary/aromatic N) is 5. The van der Waals surface area contributed by atoms with Crippen LogP contribution in [0.2, 0.25) is 0 Å². The third-order valence-electron chi connectivity index (χ3n) is 6.92. The van der Waals surface area contributed by atoms with Gasteiger partial charge in [0, 0.05) is 49.5 Å². The Labute approximate surface area is 189 Å². The molecule has 0 radical (unpaired) electrons. The predicted octanol–water partition coefficient (Wildman–Crippen LogP) is 4.52. The summed E-state index contributed by atoms with van der Waals surface area (Å²) in [6.07, 6.45) is 3.37. The van der Waals surface area contributed by atoms with Gasteiger partial charge in [0.05, 0.1) is 5.69 Å². The standard InChI is InChI=1S/C27H29N5/c1-20-25(22-11-6-3-7-12-22)26-28-24-14-8-13-23(24)27(32(26)29-20)31-17-15-30(16-18-31)19-21-9-4-2-5-10-21/h2-7,9-12H,8,13-19H2,1H3. The molecule has 1 aliphatic heterocycles. The van der Waals surface area contributed by atoms with Crippen molar-refractivity contribution in [3.05, 3.63) is 83.2 Å². The first-order valence-corrected chi connectivity index (χ1v) is 11.8. The van der Waals surface area contributed by atoms with Crippen molar-refractivity contribution in [1.82, 2.24) is 19.5 Å². The van der Waals surface area contributed by atoms with E-state index in [-0.39, 0.29) is 0 Å². The first-order valence-electron chi connectivity index (χ1n) is 11.8.